The first-order valence-corrected chi connectivity index (χ1v) is 6.23. The molecule has 1 aromatic rings. The summed E-state index contributed by atoms with van der Waals surface area (Å²) in [6.07, 6.45) is 0.888. The molecule has 9 heteroatoms. The Hall–Kier alpha value is -2.03. The minimum absolute atomic E-state index is 0.0539. The maximum absolute atomic E-state index is 11.1. The van der Waals surface area contributed by atoms with Gasteiger partial charge in [-0.2, -0.15) is 0 Å². The van der Waals surface area contributed by atoms with Crippen molar-refractivity contribution < 1.29 is 18.1 Å². The van der Waals surface area contributed by atoms with E-state index < -0.39 is 20.6 Å². The molecule has 0 spiro atoms. The van der Waals surface area contributed by atoms with Crippen LogP contribution in [0.5, 0.6) is 5.75 Å². The summed E-state index contributed by atoms with van der Waals surface area (Å²) >= 11 is 0. The first-order valence-electron chi connectivity index (χ1n) is 4.34. The molecule has 0 bridgehead atoms. The van der Waals surface area contributed by atoms with E-state index in [2.05, 4.69) is 0 Å². The fourth-order valence-corrected chi connectivity index (χ4v) is 1.76. The van der Waals surface area contributed by atoms with Crippen molar-refractivity contribution in [3.8, 4) is 5.75 Å². The lowest BCUT2D eigenvalue weighted by Crippen LogP contribution is -2.11. The molecule has 0 radical (unpaired) electrons. The zero-order valence-electron chi connectivity index (χ0n) is 9.13. The summed E-state index contributed by atoms with van der Waals surface area (Å²) in [6, 6.07) is 2.20. The van der Waals surface area contributed by atoms with Crippen molar-refractivity contribution in [2.75, 3.05) is 23.8 Å². The van der Waals surface area contributed by atoms with Gasteiger partial charge in [-0.3, -0.25) is 14.8 Å². The Kier molecular flexibility index (Phi) is 3.42. The lowest BCUT2D eigenvalue weighted by molar-refractivity contribution is -0.383. The third-order valence-electron chi connectivity index (χ3n) is 1.84. The van der Waals surface area contributed by atoms with Gasteiger partial charge >= 0.3 is 0 Å². The Labute approximate surface area is 97.6 Å². The Morgan fingerprint density at radius 1 is 1.47 bits per heavy atom. The fraction of sp³-hybridized carbons (Fsp3) is 0.250. The van der Waals surface area contributed by atoms with Crippen molar-refractivity contribution >= 4 is 27.1 Å². The zero-order valence-corrected chi connectivity index (χ0v) is 9.95. The highest BCUT2D eigenvalue weighted by Crippen LogP contribution is 2.34. The molecule has 0 aliphatic rings. The standard InChI is InChI=1S/C8H11N3O5S/c1-16-8-4-6(10-17(2,14)15)7(11(12)13)3-5(8)9/h3-4,10H,9H2,1-2H3. The van der Waals surface area contributed by atoms with Gasteiger partial charge in [0, 0.05) is 12.1 Å². The monoisotopic (exact) mass is 261 g/mol. The van der Waals surface area contributed by atoms with Gasteiger partial charge in [0.2, 0.25) is 10.0 Å². The highest BCUT2D eigenvalue weighted by Gasteiger charge is 2.19. The molecule has 8 nitrogen and oxygen atoms in total. The van der Waals surface area contributed by atoms with Crippen LogP contribution in [0, 0.1) is 10.1 Å². The molecule has 0 heterocycles. The van der Waals surface area contributed by atoms with Gasteiger partial charge in [0.1, 0.15) is 11.4 Å². The van der Waals surface area contributed by atoms with E-state index in [1.807, 2.05) is 4.72 Å². The molecule has 17 heavy (non-hydrogen) atoms. The molecule has 0 unspecified atom stereocenters. The predicted molar refractivity (Wildman–Crippen MR) is 62.5 cm³/mol. The average Bonchev–Trinajstić information content (AvgIpc) is 2.17. The number of nitro benzene ring substituents is 1. The molecular formula is C8H11N3O5S. The van der Waals surface area contributed by atoms with Crippen molar-refractivity contribution in [2.45, 2.75) is 0 Å². The number of sulfonamides is 1. The van der Waals surface area contributed by atoms with Gasteiger partial charge in [0.25, 0.3) is 5.69 Å². The van der Waals surface area contributed by atoms with Gasteiger partial charge < -0.3 is 10.5 Å². The van der Waals surface area contributed by atoms with Crippen molar-refractivity contribution in [2.24, 2.45) is 0 Å². The summed E-state index contributed by atoms with van der Waals surface area (Å²) in [7, 11) is -2.30. The summed E-state index contributed by atoms with van der Waals surface area (Å²) in [5.74, 6) is 0.154. The van der Waals surface area contributed by atoms with Gasteiger partial charge in [-0.25, -0.2) is 8.42 Å². The number of nitro groups is 1. The summed E-state index contributed by atoms with van der Waals surface area (Å²) in [4.78, 5) is 10.0. The predicted octanol–water partition coefficient (Wildman–Crippen LogP) is 0.557. The minimum Gasteiger partial charge on any atom is -0.495 e. The second-order valence-electron chi connectivity index (χ2n) is 3.24. The molecule has 0 saturated carbocycles. The van der Waals surface area contributed by atoms with Crippen LogP contribution in [0.3, 0.4) is 0 Å². The minimum atomic E-state index is -3.62. The number of benzene rings is 1. The maximum atomic E-state index is 11.1. The van der Waals surface area contributed by atoms with E-state index in [0.29, 0.717) is 0 Å². The van der Waals surface area contributed by atoms with Crippen LogP contribution in [0.15, 0.2) is 12.1 Å². The second kappa shape index (κ2) is 4.45. The molecule has 94 valence electrons. The van der Waals surface area contributed by atoms with E-state index >= 15 is 0 Å². The largest absolute Gasteiger partial charge is 0.495 e. The summed E-state index contributed by atoms with van der Waals surface area (Å²) in [6.45, 7) is 0. The molecule has 0 aliphatic carbocycles. The third-order valence-corrected chi connectivity index (χ3v) is 2.43. The fourth-order valence-electron chi connectivity index (χ4n) is 1.19. The molecule has 3 N–H and O–H groups in total. The van der Waals surface area contributed by atoms with Crippen LogP contribution < -0.4 is 15.2 Å². The molecule has 0 atom stereocenters. The molecule has 0 aromatic heterocycles. The van der Waals surface area contributed by atoms with Gasteiger partial charge in [0.05, 0.1) is 24.0 Å². The molecule has 1 rings (SSSR count). The van der Waals surface area contributed by atoms with Crippen LogP contribution in [-0.2, 0) is 10.0 Å². The van der Waals surface area contributed by atoms with E-state index in [0.717, 1.165) is 18.4 Å². The SMILES string of the molecule is COc1cc(NS(C)(=O)=O)c([N+](=O)[O-])cc1N. The number of nitrogens with zero attached hydrogens (tertiary/aromatic N) is 1. The van der Waals surface area contributed by atoms with Gasteiger partial charge in [0.15, 0.2) is 0 Å². The average molecular weight is 261 g/mol. The lowest BCUT2D eigenvalue weighted by atomic mass is 10.2. The van der Waals surface area contributed by atoms with E-state index in [1.165, 1.54) is 7.11 Å². The van der Waals surface area contributed by atoms with Crippen LogP contribution in [0.25, 0.3) is 0 Å². The summed E-state index contributed by atoms with van der Waals surface area (Å²) in [5, 5.41) is 10.7. The molecule has 0 aliphatic heterocycles. The lowest BCUT2D eigenvalue weighted by Gasteiger charge is -2.09. The Bertz CT molecular complexity index is 555. The van der Waals surface area contributed by atoms with Gasteiger partial charge in [-0.15, -0.1) is 0 Å². The first-order chi connectivity index (χ1) is 7.74. The number of nitrogens with two attached hydrogens (primary N) is 1. The van der Waals surface area contributed by atoms with Crippen LogP contribution in [-0.4, -0.2) is 26.7 Å². The quantitative estimate of drug-likeness (QED) is 0.463. The van der Waals surface area contributed by atoms with Crippen LogP contribution in [0.2, 0.25) is 0 Å². The van der Waals surface area contributed by atoms with Crippen LogP contribution >= 0.6 is 0 Å². The Morgan fingerprint density at radius 3 is 2.47 bits per heavy atom. The van der Waals surface area contributed by atoms with Crippen molar-refractivity contribution in [3.63, 3.8) is 0 Å². The van der Waals surface area contributed by atoms with E-state index in [1.54, 1.807) is 0 Å². The number of ether oxygens (including phenoxy) is 1. The van der Waals surface area contributed by atoms with Crippen LogP contribution in [0.4, 0.5) is 17.1 Å². The molecular weight excluding hydrogens is 250 g/mol. The van der Waals surface area contributed by atoms with Crippen LogP contribution in [0.1, 0.15) is 0 Å². The summed E-state index contributed by atoms with van der Waals surface area (Å²) in [5.41, 5.74) is 4.92. The second-order valence-corrected chi connectivity index (χ2v) is 4.99. The highest BCUT2D eigenvalue weighted by atomic mass is 32.2. The van der Waals surface area contributed by atoms with E-state index in [-0.39, 0.29) is 17.1 Å². The maximum Gasteiger partial charge on any atom is 0.295 e. The topological polar surface area (TPSA) is 125 Å². The number of methoxy groups -OCH3 is 1. The Balaban J connectivity index is 3.39. The highest BCUT2D eigenvalue weighted by molar-refractivity contribution is 7.92. The number of hydrogen-bond donors (Lipinski definition) is 2. The number of rotatable bonds is 4. The first kappa shape index (κ1) is 13.0. The number of hydrogen-bond acceptors (Lipinski definition) is 6. The van der Waals surface area contributed by atoms with E-state index in [4.69, 9.17) is 10.5 Å². The molecule has 0 amide bonds. The zero-order chi connectivity index (χ0) is 13.2. The molecule has 0 saturated heterocycles. The molecule has 1 aromatic carbocycles. The number of anilines is 2. The molecule has 0 fully saturated rings. The number of nitrogens with one attached hydrogen (secondary N) is 1. The van der Waals surface area contributed by atoms with Crippen molar-refractivity contribution in [1.82, 2.24) is 0 Å². The number of nitrogen functional groups attached to an aromatic ring is 1. The normalized spacial score (nSPS) is 10.9. The Morgan fingerprint density at radius 2 is 2.06 bits per heavy atom. The van der Waals surface area contributed by atoms with Gasteiger partial charge in [-0.05, 0) is 0 Å². The van der Waals surface area contributed by atoms with E-state index in [9.17, 15) is 18.5 Å². The van der Waals surface area contributed by atoms with Crippen molar-refractivity contribution in [3.05, 3.63) is 22.2 Å². The summed E-state index contributed by atoms with van der Waals surface area (Å²) < 4.78 is 29.0. The van der Waals surface area contributed by atoms with Gasteiger partial charge in [-0.1, -0.05) is 0 Å². The van der Waals surface area contributed by atoms with Crippen molar-refractivity contribution in [1.29, 1.82) is 0 Å². The smallest absolute Gasteiger partial charge is 0.295 e. The third kappa shape index (κ3) is 3.21.